The van der Waals surface area contributed by atoms with E-state index in [4.69, 9.17) is 0 Å². The van der Waals surface area contributed by atoms with Gasteiger partial charge in [-0.15, -0.1) is 0 Å². The van der Waals surface area contributed by atoms with Crippen LogP contribution < -0.4 is 0 Å². The van der Waals surface area contributed by atoms with Crippen LogP contribution in [0.15, 0.2) is 42.7 Å². The van der Waals surface area contributed by atoms with Gasteiger partial charge >= 0.3 is 0 Å². The molecule has 2 heteroatoms. The summed E-state index contributed by atoms with van der Waals surface area (Å²) in [7, 11) is 0. The lowest BCUT2D eigenvalue weighted by Crippen LogP contribution is -2.41. The van der Waals surface area contributed by atoms with E-state index in [1.54, 1.807) is 0 Å². The highest BCUT2D eigenvalue weighted by atomic mass is 15.4. The number of hydrogen-bond acceptors (Lipinski definition) is 2. The van der Waals surface area contributed by atoms with Crippen molar-refractivity contribution in [2.75, 3.05) is 13.1 Å². The molecule has 0 saturated carbocycles. The van der Waals surface area contributed by atoms with E-state index in [9.17, 15) is 0 Å². The maximum absolute atomic E-state index is 2.62. The zero-order chi connectivity index (χ0) is 22.0. The maximum atomic E-state index is 2.62. The van der Waals surface area contributed by atoms with Gasteiger partial charge in [-0.2, -0.15) is 0 Å². The minimum Gasteiger partial charge on any atom is -0.356 e. The SMILES string of the molecule is CCCCCCCCCCN1C=CN(CCCCCCCCC)C1Cc1ccccc1. The molecule has 1 atom stereocenters. The summed E-state index contributed by atoms with van der Waals surface area (Å²) < 4.78 is 0. The molecule has 0 saturated heterocycles. The van der Waals surface area contributed by atoms with Gasteiger partial charge in [-0.05, 0) is 18.4 Å². The van der Waals surface area contributed by atoms with Crippen LogP contribution in [0.2, 0.25) is 0 Å². The Hall–Kier alpha value is -1.44. The molecule has 1 aliphatic rings. The van der Waals surface area contributed by atoms with Crippen molar-refractivity contribution in [1.82, 2.24) is 9.80 Å². The van der Waals surface area contributed by atoms with Gasteiger partial charge in [0.2, 0.25) is 0 Å². The van der Waals surface area contributed by atoms with E-state index in [0.717, 1.165) is 6.42 Å². The predicted octanol–water partition coefficient (Wildman–Crippen LogP) is 8.54. The van der Waals surface area contributed by atoms with Gasteiger partial charge in [0.1, 0.15) is 6.17 Å². The van der Waals surface area contributed by atoms with Crippen molar-refractivity contribution in [3.05, 3.63) is 48.3 Å². The van der Waals surface area contributed by atoms with Crippen LogP contribution in [0.3, 0.4) is 0 Å². The first-order valence-electron chi connectivity index (χ1n) is 13.6. The Bertz CT molecular complexity index is 553. The first kappa shape index (κ1) is 25.8. The molecule has 1 aliphatic heterocycles. The zero-order valence-electron chi connectivity index (χ0n) is 20.7. The van der Waals surface area contributed by atoms with E-state index in [1.807, 2.05) is 0 Å². The van der Waals surface area contributed by atoms with Crippen LogP contribution in [0.5, 0.6) is 0 Å². The van der Waals surface area contributed by atoms with Crippen LogP contribution in [0.1, 0.15) is 116 Å². The molecule has 0 amide bonds. The molecule has 2 nitrogen and oxygen atoms in total. The molecule has 0 aliphatic carbocycles. The molecule has 0 fully saturated rings. The van der Waals surface area contributed by atoms with Gasteiger partial charge in [0.25, 0.3) is 0 Å². The third kappa shape index (κ3) is 11.1. The Labute approximate surface area is 194 Å². The number of unbranched alkanes of at least 4 members (excludes halogenated alkanes) is 13. The molecule has 1 unspecified atom stereocenters. The topological polar surface area (TPSA) is 6.48 Å². The van der Waals surface area contributed by atoms with Gasteiger partial charge in [0.15, 0.2) is 0 Å². The average molecular weight is 427 g/mol. The highest BCUT2D eigenvalue weighted by Crippen LogP contribution is 2.22. The number of benzene rings is 1. The van der Waals surface area contributed by atoms with Crippen LogP contribution in [0.25, 0.3) is 0 Å². The van der Waals surface area contributed by atoms with Crippen molar-refractivity contribution in [3.63, 3.8) is 0 Å². The third-order valence-electron chi connectivity index (χ3n) is 6.77. The Balaban J connectivity index is 1.72. The Morgan fingerprint density at radius 3 is 1.42 bits per heavy atom. The molecule has 0 radical (unpaired) electrons. The minimum atomic E-state index is 0.507. The minimum absolute atomic E-state index is 0.507. The second-order valence-corrected chi connectivity index (χ2v) is 9.54. The fourth-order valence-electron chi connectivity index (χ4n) is 4.75. The van der Waals surface area contributed by atoms with Gasteiger partial charge in [-0.3, -0.25) is 0 Å². The van der Waals surface area contributed by atoms with Gasteiger partial charge in [-0.1, -0.05) is 128 Å². The third-order valence-corrected chi connectivity index (χ3v) is 6.77. The Morgan fingerprint density at radius 2 is 0.968 bits per heavy atom. The standard InChI is InChI=1S/C29H50N2/c1-3-5-7-9-11-13-15-20-24-31-26-25-30(23-19-14-12-10-8-6-4-2)29(31)27-28-21-17-16-18-22-28/h16-18,21-22,25-26,29H,3-15,19-20,23-24,27H2,1-2H3. The lowest BCUT2D eigenvalue weighted by molar-refractivity contribution is 0.148. The van der Waals surface area contributed by atoms with Crippen molar-refractivity contribution in [2.24, 2.45) is 0 Å². The monoisotopic (exact) mass is 426 g/mol. The summed E-state index contributed by atoms with van der Waals surface area (Å²) >= 11 is 0. The van der Waals surface area contributed by atoms with E-state index < -0.39 is 0 Å². The summed E-state index contributed by atoms with van der Waals surface area (Å²) in [4.78, 5) is 5.23. The van der Waals surface area contributed by atoms with Gasteiger partial charge in [-0.25, -0.2) is 0 Å². The van der Waals surface area contributed by atoms with Crippen LogP contribution in [-0.4, -0.2) is 29.1 Å². The fraction of sp³-hybridized carbons (Fsp3) is 0.724. The number of hydrogen-bond donors (Lipinski definition) is 0. The second kappa shape index (κ2) is 17.2. The lowest BCUT2D eigenvalue weighted by atomic mass is 10.1. The van der Waals surface area contributed by atoms with Crippen LogP contribution >= 0.6 is 0 Å². The van der Waals surface area contributed by atoms with Crippen molar-refractivity contribution in [2.45, 2.75) is 123 Å². The summed E-state index contributed by atoms with van der Waals surface area (Å²) in [6, 6.07) is 11.1. The summed E-state index contributed by atoms with van der Waals surface area (Å²) in [5, 5.41) is 0. The molecule has 1 aromatic carbocycles. The van der Waals surface area contributed by atoms with Crippen LogP contribution in [-0.2, 0) is 6.42 Å². The average Bonchev–Trinajstić information content (AvgIpc) is 3.17. The van der Waals surface area contributed by atoms with E-state index in [-0.39, 0.29) is 0 Å². The van der Waals surface area contributed by atoms with Gasteiger partial charge < -0.3 is 9.80 Å². The maximum Gasteiger partial charge on any atom is 0.105 e. The van der Waals surface area contributed by atoms with E-state index in [1.165, 1.54) is 115 Å². The fourth-order valence-corrected chi connectivity index (χ4v) is 4.75. The molecule has 31 heavy (non-hydrogen) atoms. The highest BCUT2D eigenvalue weighted by molar-refractivity contribution is 5.17. The lowest BCUT2D eigenvalue weighted by Gasteiger charge is -2.33. The van der Waals surface area contributed by atoms with Crippen molar-refractivity contribution < 1.29 is 0 Å². The second-order valence-electron chi connectivity index (χ2n) is 9.54. The quantitative estimate of drug-likeness (QED) is 0.204. The Morgan fingerprint density at radius 1 is 0.548 bits per heavy atom. The van der Waals surface area contributed by atoms with E-state index in [2.05, 4.69) is 66.4 Å². The smallest absolute Gasteiger partial charge is 0.105 e. The van der Waals surface area contributed by atoms with E-state index in [0.29, 0.717) is 6.17 Å². The molecule has 0 spiro atoms. The first-order chi connectivity index (χ1) is 15.3. The molecular formula is C29H50N2. The molecule has 1 aromatic rings. The molecule has 0 aromatic heterocycles. The number of rotatable bonds is 19. The van der Waals surface area contributed by atoms with Crippen LogP contribution in [0.4, 0.5) is 0 Å². The summed E-state index contributed by atoms with van der Waals surface area (Å²) in [6.07, 6.45) is 27.2. The first-order valence-corrected chi connectivity index (χ1v) is 13.6. The predicted molar refractivity (Wildman–Crippen MR) is 137 cm³/mol. The Kier molecular flexibility index (Phi) is 14.3. The largest absolute Gasteiger partial charge is 0.356 e. The molecule has 2 rings (SSSR count). The number of nitrogens with zero attached hydrogens (tertiary/aromatic N) is 2. The molecule has 1 heterocycles. The van der Waals surface area contributed by atoms with Crippen molar-refractivity contribution in [1.29, 1.82) is 0 Å². The molecular weight excluding hydrogens is 376 g/mol. The normalized spacial score (nSPS) is 15.9. The molecule has 0 N–H and O–H groups in total. The highest BCUT2D eigenvalue weighted by Gasteiger charge is 2.25. The van der Waals surface area contributed by atoms with E-state index >= 15 is 0 Å². The van der Waals surface area contributed by atoms with Crippen molar-refractivity contribution >= 4 is 0 Å². The van der Waals surface area contributed by atoms with Crippen molar-refractivity contribution in [3.8, 4) is 0 Å². The van der Waals surface area contributed by atoms with Crippen LogP contribution in [0, 0.1) is 0 Å². The van der Waals surface area contributed by atoms with Gasteiger partial charge in [0.05, 0.1) is 0 Å². The molecule has 176 valence electrons. The molecule has 0 bridgehead atoms. The summed E-state index contributed by atoms with van der Waals surface area (Å²) in [5.41, 5.74) is 1.46. The van der Waals surface area contributed by atoms with Gasteiger partial charge in [0, 0.05) is 31.9 Å². The summed E-state index contributed by atoms with van der Waals surface area (Å²) in [6.45, 7) is 7.00. The summed E-state index contributed by atoms with van der Waals surface area (Å²) in [5.74, 6) is 0. The zero-order valence-corrected chi connectivity index (χ0v) is 20.7.